The molecule has 5 rings (SSSR count). The number of carbonyl (C=O) groups is 1. The lowest BCUT2D eigenvalue weighted by molar-refractivity contribution is 0.0139. The molecule has 0 atom stereocenters. The number of ether oxygens (including phenoxy) is 4. The van der Waals surface area contributed by atoms with Crippen LogP contribution >= 0.6 is 11.3 Å². The molecule has 0 aliphatic carbocycles. The zero-order valence-corrected chi connectivity index (χ0v) is 27.1. The maximum absolute atomic E-state index is 14.7. The first kappa shape index (κ1) is 32.6. The predicted molar refractivity (Wildman–Crippen MR) is 171 cm³/mol. The van der Waals surface area contributed by atoms with E-state index in [1.807, 2.05) is 0 Å². The van der Waals surface area contributed by atoms with Crippen molar-refractivity contribution in [3.8, 4) is 10.8 Å². The second kappa shape index (κ2) is 12.9. The van der Waals surface area contributed by atoms with E-state index >= 15 is 0 Å². The summed E-state index contributed by atoms with van der Waals surface area (Å²) in [5, 5.41) is 5.26. The van der Waals surface area contributed by atoms with Crippen molar-refractivity contribution in [3.05, 3.63) is 84.7 Å². The second-order valence-corrected chi connectivity index (χ2v) is 12.5. The van der Waals surface area contributed by atoms with Crippen molar-refractivity contribution in [2.45, 2.75) is 52.2 Å². The van der Waals surface area contributed by atoms with Crippen LogP contribution in [0.1, 0.15) is 44.7 Å². The number of benzene rings is 1. The minimum Gasteiger partial charge on any atom is -0.496 e. The molecule has 0 radical (unpaired) electrons. The summed E-state index contributed by atoms with van der Waals surface area (Å²) in [6, 6.07) is 6.67. The van der Waals surface area contributed by atoms with Crippen LogP contribution in [0.5, 0.6) is 5.75 Å². The Morgan fingerprint density at radius 2 is 1.89 bits per heavy atom. The number of aryl methyl sites for hydroxylation is 1. The summed E-state index contributed by atoms with van der Waals surface area (Å²) in [7, 11) is 2.65. The standard InChI is InChI=1S/C31H34FN5O8S/c1-18-25-26(39)37(34(5)30(41)45-31(2,3)4)29(40)35(28(25)46-27(18)36-24(38)8-7-13-33-36)17-23(44-20-11-14-43-15-12-20)21-16-19(32)9-10-22(21)42-6/h7-10,13,16-17,20H,11-12,14-15H2,1-6H3. The van der Waals surface area contributed by atoms with E-state index in [1.165, 1.54) is 56.9 Å². The van der Waals surface area contributed by atoms with E-state index in [4.69, 9.17) is 18.9 Å². The lowest BCUT2D eigenvalue weighted by Gasteiger charge is -2.26. The van der Waals surface area contributed by atoms with E-state index < -0.39 is 34.3 Å². The molecule has 1 amide bonds. The normalized spacial score (nSPS) is 14.4. The van der Waals surface area contributed by atoms with E-state index in [-0.39, 0.29) is 38.4 Å². The smallest absolute Gasteiger partial charge is 0.429 e. The maximum Gasteiger partial charge on any atom is 0.429 e. The fraction of sp³-hybridized carbons (Fsp3) is 0.387. The zero-order chi connectivity index (χ0) is 33.3. The van der Waals surface area contributed by atoms with Gasteiger partial charge in [0.05, 0.1) is 37.5 Å². The third-order valence-corrected chi connectivity index (χ3v) is 8.38. The SMILES string of the molecule is COc1ccc(F)cc1C(=Cn1c(=O)n(N(C)C(=O)OC(C)(C)C)c(=O)c2c(C)c(-n3ncccc3=O)sc21)OC1CCOCC1. The van der Waals surface area contributed by atoms with Crippen LogP contribution in [0.4, 0.5) is 9.18 Å². The van der Waals surface area contributed by atoms with Gasteiger partial charge in [0.2, 0.25) is 0 Å². The van der Waals surface area contributed by atoms with Crippen molar-refractivity contribution in [1.29, 1.82) is 0 Å². The number of rotatable bonds is 7. The highest BCUT2D eigenvalue weighted by molar-refractivity contribution is 7.21. The van der Waals surface area contributed by atoms with Crippen molar-refractivity contribution < 1.29 is 28.1 Å². The van der Waals surface area contributed by atoms with Gasteiger partial charge in [-0.15, -0.1) is 0 Å². The molecule has 1 saturated heterocycles. The molecule has 0 N–H and O–H groups in total. The molecule has 4 heterocycles. The highest BCUT2D eigenvalue weighted by Crippen LogP contribution is 2.34. The molecule has 0 bridgehead atoms. The van der Waals surface area contributed by atoms with Crippen molar-refractivity contribution in [1.82, 2.24) is 19.0 Å². The molecule has 46 heavy (non-hydrogen) atoms. The Labute approximate surface area is 266 Å². The molecule has 1 aromatic carbocycles. The summed E-state index contributed by atoms with van der Waals surface area (Å²) in [5.41, 5.74) is -2.60. The quantitative estimate of drug-likeness (QED) is 0.272. The van der Waals surface area contributed by atoms with Gasteiger partial charge in [-0.1, -0.05) is 11.3 Å². The molecule has 0 spiro atoms. The van der Waals surface area contributed by atoms with Gasteiger partial charge in [0.25, 0.3) is 11.1 Å². The van der Waals surface area contributed by atoms with Gasteiger partial charge in [0, 0.05) is 37.7 Å². The number of hydrogen-bond donors (Lipinski definition) is 0. The predicted octanol–water partition coefficient (Wildman–Crippen LogP) is 3.88. The molecule has 13 nitrogen and oxygen atoms in total. The van der Waals surface area contributed by atoms with E-state index in [2.05, 4.69) is 5.10 Å². The summed E-state index contributed by atoms with van der Waals surface area (Å²) in [5.74, 6) is -0.237. The van der Waals surface area contributed by atoms with Gasteiger partial charge in [-0.3, -0.25) is 14.2 Å². The van der Waals surface area contributed by atoms with E-state index in [9.17, 15) is 23.6 Å². The molecule has 0 unspecified atom stereocenters. The first-order valence-electron chi connectivity index (χ1n) is 14.4. The number of nitrogens with zero attached hydrogens (tertiary/aromatic N) is 5. The number of methoxy groups -OCH3 is 1. The molecular formula is C31H34FN5O8S. The second-order valence-electron chi connectivity index (χ2n) is 11.5. The van der Waals surface area contributed by atoms with Gasteiger partial charge in [0.1, 0.15) is 38.9 Å². The Kier molecular flexibility index (Phi) is 9.17. The number of fused-ring (bicyclic) bond motifs is 1. The minimum absolute atomic E-state index is 0.0421. The Morgan fingerprint density at radius 3 is 2.54 bits per heavy atom. The Bertz CT molecular complexity index is 2000. The average Bonchev–Trinajstić information content (AvgIpc) is 3.35. The van der Waals surface area contributed by atoms with Gasteiger partial charge >= 0.3 is 11.8 Å². The lowest BCUT2D eigenvalue weighted by atomic mass is 10.1. The maximum atomic E-state index is 14.7. The molecule has 15 heteroatoms. The number of hydrogen-bond acceptors (Lipinski definition) is 10. The van der Waals surface area contributed by atoms with Gasteiger partial charge in [0.15, 0.2) is 0 Å². The zero-order valence-electron chi connectivity index (χ0n) is 26.2. The molecule has 244 valence electrons. The van der Waals surface area contributed by atoms with Crippen LogP contribution in [-0.2, 0) is 14.2 Å². The third-order valence-electron chi connectivity index (χ3n) is 7.12. The topological polar surface area (TPSA) is 136 Å². The number of thiophene rings is 1. The van der Waals surface area contributed by atoms with Crippen LogP contribution in [0.2, 0.25) is 0 Å². The van der Waals surface area contributed by atoms with Gasteiger partial charge in [-0.25, -0.2) is 19.0 Å². The van der Waals surface area contributed by atoms with Crippen LogP contribution in [0, 0.1) is 12.7 Å². The summed E-state index contributed by atoms with van der Waals surface area (Å²) in [6.45, 7) is 7.45. The van der Waals surface area contributed by atoms with Gasteiger partial charge < -0.3 is 18.9 Å². The summed E-state index contributed by atoms with van der Waals surface area (Å²) < 4.78 is 40.4. The number of amides is 1. The van der Waals surface area contributed by atoms with Crippen molar-refractivity contribution in [2.24, 2.45) is 0 Å². The lowest BCUT2D eigenvalue weighted by Crippen LogP contribution is -2.53. The summed E-state index contributed by atoms with van der Waals surface area (Å²) >= 11 is 0.971. The summed E-state index contributed by atoms with van der Waals surface area (Å²) in [6.07, 6.45) is 2.51. The Balaban J connectivity index is 1.85. The fourth-order valence-electron chi connectivity index (χ4n) is 4.92. The number of carbonyl (C=O) groups excluding carboxylic acids is 1. The van der Waals surface area contributed by atoms with Crippen molar-refractivity contribution >= 4 is 39.6 Å². The summed E-state index contributed by atoms with van der Waals surface area (Å²) in [4.78, 5) is 54.4. The van der Waals surface area contributed by atoms with Crippen LogP contribution in [-0.4, -0.2) is 64.2 Å². The van der Waals surface area contributed by atoms with Crippen molar-refractivity contribution in [3.63, 3.8) is 0 Å². The molecule has 3 aromatic heterocycles. The van der Waals surface area contributed by atoms with Crippen LogP contribution < -0.4 is 26.6 Å². The van der Waals surface area contributed by atoms with Crippen molar-refractivity contribution in [2.75, 3.05) is 32.4 Å². The Hall–Kier alpha value is -4.76. The molecule has 0 saturated carbocycles. The molecule has 1 aliphatic heterocycles. The molecule has 1 fully saturated rings. The number of halogens is 1. The molecule has 4 aromatic rings. The van der Waals surface area contributed by atoms with Crippen LogP contribution in [0.15, 0.2) is 50.9 Å². The van der Waals surface area contributed by atoms with Gasteiger partial charge in [-0.05, 0) is 52.0 Å². The fourth-order valence-corrected chi connectivity index (χ4v) is 6.15. The van der Waals surface area contributed by atoms with Crippen LogP contribution in [0.25, 0.3) is 27.2 Å². The third kappa shape index (κ3) is 6.46. The molecule has 1 aliphatic rings. The highest BCUT2D eigenvalue weighted by atomic mass is 32.1. The van der Waals surface area contributed by atoms with E-state index in [1.54, 1.807) is 27.7 Å². The molecular weight excluding hydrogens is 621 g/mol. The first-order valence-corrected chi connectivity index (χ1v) is 15.2. The first-order chi connectivity index (χ1) is 21.8. The van der Waals surface area contributed by atoms with Crippen LogP contribution in [0.3, 0.4) is 0 Å². The van der Waals surface area contributed by atoms with E-state index in [0.717, 1.165) is 25.6 Å². The monoisotopic (exact) mass is 655 g/mol. The number of aromatic nitrogens is 4. The van der Waals surface area contributed by atoms with E-state index in [0.29, 0.717) is 36.3 Å². The highest BCUT2D eigenvalue weighted by Gasteiger charge is 2.28. The van der Waals surface area contributed by atoms with Gasteiger partial charge in [-0.2, -0.15) is 14.5 Å². The minimum atomic E-state index is -0.957. The average molecular weight is 656 g/mol. The Morgan fingerprint density at radius 1 is 1.17 bits per heavy atom. The largest absolute Gasteiger partial charge is 0.496 e.